The summed E-state index contributed by atoms with van der Waals surface area (Å²) in [6.45, 7) is -0.884. The molecule has 1 aromatic heterocycles. The zero-order valence-corrected chi connectivity index (χ0v) is 14.8. The smallest absolute Gasteiger partial charge is 0.329 e. The van der Waals surface area contributed by atoms with Gasteiger partial charge < -0.3 is 15.2 Å². The average molecular weight is 370 g/mol. The molecule has 0 saturated carbocycles. The van der Waals surface area contributed by atoms with Gasteiger partial charge in [-0.05, 0) is 36.3 Å². The fourth-order valence-electron chi connectivity index (χ4n) is 3.20. The van der Waals surface area contributed by atoms with Gasteiger partial charge in [0.25, 0.3) is 5.91 Å². The highest BCUT2D eigenvalue weighted by molar-refractivity contribution is 7.16. The molecule has 7 heteroatoms. The highest BCUT2D eigenvalue weighted by Gasteiger charge is 2.27. The van der Waals surface area contributed by atoms with Gasteiger partial charge in [0.05, 0.1) is 5.56 Å². The van der Waals surface area contributed by atoms with Gasteiger partial charge in [-0.2, -0.15) is 5.26 Å². The lowest BCUT2D eigenvalue weighted by atomic mass is 9.83. The molecule has 6 nitrogen and oxygen atoms in total. The number of anilines is 1. The summed E-state index contributed by atoms with van der Waals surface area (Å²) < 4.78 is 4.79. The molecule has 1 heterocycles. The lowest BCUT2D eigenvalue weighted by Crippen LogP contribution is -2.20. The van der Waals surface area contributed by atoms with Gasteiger partial charge in [-0.3, -0.25) is 4.79 Å². The van der Waals surface area contributed by atoms with E-state index in [1.807, 2.05) is 18.2 Å². The van der Waals surface area contributed by atoms with Crippen LogP contribution in [0.1, 0.15) is 33.9 Å². The second kappa shape index (κ2) is 8.13. The number of nitriles is 1. The lowest BCUT2D eigenvalue weighted by Gasteiger charge is -2.22. The SMILES string of the molecule is N#Cc1c(NC(=O)COCC(=O)O)sc2c1CC[C@@H](c1ccccc1)C2. The topological polar surface area (TPSA) is 99.4 Å². The number of nitrogens with zero attached hydrogens (tertiary/aromatic N) is 1. The van der Waals surface area contributed by atoms with Crippen LogP contribution in [0.5, 0.6) is 0 Å². The molecule has 134 valence electrons. The van der Waals surface area contributed by atoms with Crippen molar-refractivity contribution in [2.24, 2.45) is 0 Å². The molecule has 0 fully saturated rings. The van der Waals surface area contributed by atoms with E-state index in [4.69, 9.17) is 9.84 Å². The Kier molecular flexibility index (Phi) is 5.66. The van der Waals surface area contributed by atoms with E-state index in [9.17, 15) is 14.9 Å². The van der Waals surface area contributed by atoms with Crippen molar-refractivity contribution in [1.29, 1.82) is 5.26 Å². The molecule has 0 unspecified atom stereocenters. The largest absolute Gasteiger partial charge is 0.480 e. The molecule has 2 aromatic rings. The maximum Gasteiger partial charge on any atom is 0.329 e. The van der Waals surface area contributed by atoms with Crippen molar-refractivity contribution < 1.29 is 19.4 Å². The Morgan fingerprint density at radius 2 is 2.08 bits per heavy atom. The number of carbonyl (C=O) groups is 2. The molecule has 3 rings (SSSR count). The van der Waals surface area contributed by atoms with Crippen LogP contribution in [0.25, 0.3) is 0 Å². The van der Waals surface area contributed by atoms with Crippen molar-refractivity contribution in [1.82, 2.24) is 0 Å². The van der Waals surface area contributed by atoms with Crippen LogP contribution >= 0.6 is 11.3 Å². The summed E-state index contributed by atoms with van der Waals surface area (Å²) in [5, 5.41) is 21.2. The predicted octanol–water partition coefficient (Wildman–Crippen LogP) is 2.93. The number of thiophene rings is 1. The summed E-state index contributed by atoms with van der Waals surface area (Å²) in [5.74, 6) is -1.17. The Morgan fingerprint density at radius 3 is 2.77 bits per heavy atom. The Labute approximate surface area is 155 Å². The van der Waals surface area contributed by atoms with Crippen LogP contribution in [-0.4, -0.2) is 30.2 Å². The van der Waals surface area contributed by atoms with Gasteiger partial charge in [0, 0.05) is 4.88 Å². The third kappa shape index (κ3) is 4.10. The van der Waals surface area contributed by atoms with E-state index in [2.05, 4.69) is 23.5 Å². The first-order valence-electron chi connectivity index (χ1n) is 8.27. The van der Waals surface area contributed by atoms with Crippen molar-refractivity contribution in [2.45, 2.75) is 25.2 Å². The van der Waals surface area contributed by atoms with Crippen LogP contribution in [0, 0.1) is 11.3 Å². The van der Waals surface area contributed by atoms with Gasteiger partial charge in [-0.25, -0.2) is 4.79 Å². The van der Waals surface area contributed by atoms with Crippen molar-refractivity contribution in [3.05, 3.63) is 51.9 Å². The molecule has 1 amide bonds. The van der Waals surface area contributed by atoms with Crippen LogP contribution in [0.15, 0.2) is 30.3 Å². The number of ether oxygens (including phenoxy) is 1. The summed E-state index contributed by atoms with van der Waals surface area (Å²) in [6, 6.07) is 12.5. The molecule has 1 atom stereocenters. The molecule has 0 aliphatic heterocycles. The molecule has 0 spiro atoms. The molecule has 26 heavy (non-hydrogen) atoms. The van der Waals surface area contributed by atoms with E-state index in [0.29, 0.717) is 16.5 Å². The average Bonchev–Trinajstić information content (AvgIpc) is 2.98. The van der Waals surface area contributed by atoms with Crippen molar-refractivity contribution in [2.75, 3.05) is 18.5 Å². The fourth-order valence-corrected chi connectivity index (χ4v) is 4.49. The first-order valence-corrected chi connectivity index (χ1v) is 9.09. The maximum atomic E-state index is 11.9. The minimum Gasteiger partial charge on any atom is -0.480 e. The summed E-state index contributed by atoms with van der Waals surface area (Å²) in [5.41, 5.74) is 2.83. The van der Waals surface area contributed by atoms with Crippen LogP contribution < -0.4 is 5.32 Å². The highest BCUT2D eigenvalue weighted by Crippen LogP contribution is 2.42. The van der Waals surface area contributed by atoms with Crippen LogP contribution in [-0.2, 0) is 27.2 Å². The van der Waals surface area contributed by atoms with Gasteiger partial charge in [-0.1, -0.05) is 30.3 Å². The number of hydrogen-bond acceptors (Lipinski definition) is 5. The highest BCUT2D eigenvalue weighted by atomic mass is 32.1. The maximum absolute atomic E-state index is 11.9. The monoisotopic (exact) mass is 370 g/mol. The van der Waals surface area contributed by atoms with Crippen molar-refractivity contribution in [3.63, 3.8) is 0 Å². The van der Waals surface area contributed by atoms with Gasteiger partial charge in [-0.15, -0.1) is 11.3 Å². The summed E-state index contributed by atoms with van der Waals surface area (Å²) in [4.78, 5) is 23.5. The Morgan fingerprint density at radius 1 is 1.31 bits per heavy atom. The van der Waals surface area contributed by atoms with E-state index >= 15 is 0 Å². The number of carboxylic acid groups (broad SMARTS) is 1. The van der Waals surface area contributed by atoms with Crippen molar-refractivity contribution >= 4 is 28.2 Å². The Balaban J connectivity index is 1.72. The molecule has 1 aromatic carbocycles. The number of carbonyl (C=O) groups excluding carboxylic acids is 1. The first kappa shape index (κ1) is 18.1. The molecular weight excluding hydrogens is 352 g/mol. The number of fused-ring (bicyclic) bond motifs is 1. The number of carboxylic acids is 1. The van der Waals surface area contributed by atoms with E-state index in [1.165, 1.54) is 16.9 Å². The summed E-state index contributed by atoms with van der Waals surface area (Å²) >= 11 is 1.43. The van der Waals surface area contributed by atoms with Crippen LogP contribution in [0.2, 0.25) is 0 Å². The number of amides is 1. The normalized spacial score (nSPS) is 15.7. The minimum atomic E-state index is -1.13. The number of rotatable bonds is 6. The van der Waals surface area contributed by atoms with Crippen LogP contribution in [0.4, 0.5) is 5.00 Å². The number of hydrogen-bond donors (Lipinski definition) is 2. The fraction of sp³-hybridized carbons (Fsp3) is 0.316. The number of benzene rings is 1. The standard InChI is InChI=1S/C19H18N2O4S/c20-9-15-14-7-6-13(12-4-2-1-3-5-12)8-16(14)26-19(15)21-17(22)10-25-11-18(23)24/h1-5,13H,6-8,10-11H2,(H,21,22)(H,23,24)/t13-/m1/s1. The summed E-state index contributed by atoms with van der Waals surface area (Å²) in [7, 11) is 0. The van der Waals surface area contributed by atoms with Gasteiger partial charge >= 0.3 is 5.97 Å². The molecule has 2 N–H and O–H groups in total. The predicted molar refractivity (Wildman–Crippen MR) is 97.3 cm³/mol. The van der Waals surface area contributed by atoms with E-state index in [-0.39, 0.29) is 6.61 Å². The summed E-state index contributed by atoms with van der Waals surface area (Å²) in [6.07, 6.45) is 2.63. The van der Waals surface area contributed by atoms with Crippen molar-refractivity contribution in [3.8, 4) is 6.07 Å². The zero-order chi connectivity index (χ0) is 18.5. The molecule has 0 radical (unpaired) electrons. The van der Waals surface area contributed by atoms with E-state index in [0.717, 1.165) is 29.7 Å². The Bertz CT molecular complexity index is 854. The third-order valence-electron chi connectivity index (χ3n) is 4.36. The minimum absolute atomic E-state index is 0.355. The molecule has 1 aliphatic carbocycles. The lowest BCUT2D eigenvalue weighted by molar-refractivity contribution is -0.143. The van der Waals surface area contributed by atoms with Gasteiger partial charge in [0.1, 0.15) is 24.3 Å². The second-order valence-corrected chi connectivity index (χ2v) is 7.21. The first-order chi connectivity index (χ1) is 12.6. The molecular formula is C19H18N2O4S. The second-order valence-electron chi connectivity index (χ2n) is 6.10. The number of aliphatic carboxylic acids is 1. The third-order valence-corrected chi connectivity index (χ3v) is 5.53. The molecule has 0 saturated heterocycles. The Hall–Kier alpha value is -2.69. The van der Waals surface area contributed by atoms with Crippen LogP contribution in [0.3, 0.4) is 0 Å². The molecule has 0 bridgehead atoms. The molecule has 1 aliphatic rings. The zero-order valence-electron chi connectivity index (χ0n) is 14.0. The van der Waals surface area contributed by atoms with E-state index in [1.54, 1.807) is 0 Å². The van der Waals surface area contributed by atoms with E-state index < -0.39 is 18.5 Å². The number of nitrogens with one attached hydrogen (secondary N) is 1. The van der Waals surface area contributed by atoms with Gasteiger partial charge in [0.15, 0.2) is 0 Å². The quantitative estimate of drug-likeness (QED) is 0.814. The van der Waals surface area contributed by atoms with Gasteiger partial charge in [0.2, 0.25) is 0 Å².